The zero-order valence-corrected chi connectivity index (χ0v) is 17.0. The molecule has 0 saturated heterocycles. The number of carbonyl (C=O) groups excluding carboxylic acids is 1. The first-order valence-electron chi connectivity index (χ1n) is 8.70. The molecule has 1 fully saturated rings. The van der Waals surface area contributed by atoms with Crippen molar-refractivity contribution in [1.29, 1.82) is 0 Å². The molecule has 0 bridgehead atoms. The van der Waals surface area contributed by atoms with E-state index in [4.69, 9.17) is 29.0 Å². The lowest BCUT2D eigenvalue weighted by molar-refractivity contribution is -0.115. The minimum atomic E-state index is -0.572. The number of nitrogens with two attached hydrogens (primary N) is 1. The van der Waals surface area contributed by atoms with Gasteiger partial charge < -0.3 is 11.2 Å². The van der Waals surface area contributed by atoms with Gasteiger partial charge in [-0.25, -0.2) is 4.68 Å². The molecule has 0 unspecified atom stereocenters. The molecule has 1 aliphatic carbocycles. The van der Waals surface area contributed by atoms with Crippen molar-refractivity contribution in [3.63, 3.8) is 0 Å². The predicted octanol–water partition coefficient (Wildman–Crippen LogP) is 4.65. The predicted molar refractivity (Wildman–Crippen MR) is 112 cm³/mol. The summed E-state index contributed by atoms with van der Waals surface area (Å²) in [5.74, 6) is 7.06. The fourth-order valence-electron chi connectivity index (χ4n) is 2.83. The summed E-state index contributed by atoms with van der Waals surface area (Å²) in [6, 6.07) is 14.4. The number of rotatable bonds is 6. The highest BCUT2D eigenvalue weighted by Gasteiger charge is 2.31. The number of carbonyl (C=O) groups is 1. The minimum absolute atomic E-state index is 0.231. The Morgan fingerprint density at radius 3 is 2.46 bits per heavy atom. The molecular formula is C19H17Cl2N5OS. The highest BCUT2D eigenvalue weighted by molar-refractivity contribution is 8.00. The van der Waals surface area contributed by atoms with Crippen molar-refractivity contribution in [2.24, 2.45) is 0 Å². The highest BCUT2D eigenvalue weighted by Crippen LogP contribution is 2.41. The second-order valence-electron chi connectivity index (χ2n) is 6.54. The topological polar surface area (TPSA) is 85.8 Å². The second-order valence-corrected chi connectivity index (χ2v) is 8.49. The Bertz CT molecular complexity index is 987. The van der Waals surface area contributed by atoms with Crippen LogP contribution >= 0.6 is 35.0 Å². The van der Waals surface area contributed by atoms with E-state index in [1.807, 2.05) is 30.3 Å². The van der Waals surface area contributed by atoms with Crippen LogP contribution in [-0.2, 0) is 4.79 Å². The van der Waals surface area contributed by atoms with Gasteiger partial charge in [0.2, 0.25) is 11.1 Å². The number of aromatic nitrogens is 3. The van der Waals surface area contributed by atoms with E-state index in [9.17, 15) is 4.79 Å². The number of nitrogens with zero attached hydrogens (tertiary/aromatic N) is 3. The van der Waals surface area contributed by atoms with E-state index in [1.165, 1.54) is 16.4 Å². The van der Waals surface area contributed by atoms with Crippen LogP contribution < -0.4 is 11.2 Å². The Balaban J connectivity index is 1.61. The normalized spacial score (nSPS) is 14.6. The molecule has 3 aromatic rings. The molecule has 2 aromatic carbocycles. The largest absolute Gasteiger partial charge is 0.336 e. The van der Waals surface area contributed by atoms with E-state index in [0.29, 0.717) is 26.8 Å². The van der Waals surface area contributed by atoms with Crippen molar-refractivity contribution in [2.45, 2.75) is 29.2 Å². The van der Waals surface area contributed by atoms with Crippen LogP contribution in [-0.4, -0.2) is 20.8 Å². The van der Waals surface area contributed by atoms with Crippen molar-refractivity contribution >= 4 is 46.6 Å². The van der Waals surface area contributed by atoms with Crippen LogP contribution in [0.15, 0.2) is 53.7 Å². The Morgan fingerprint density at radius 1 is 1.14 bits per heavy atom. The fourth-order valence-corrected chi connectivity index (χ4v) is 4.32. The summed E-state index contributed by atoms with van der Waals surface area (Å²) in [6.45, 7) is 0. The Hall–Kier alpha value is -2.22. The van der Waals surface area contributed by atoms with Gasteiger partial charge in [0, 0.05) is 21.7 Å². The summed E-state index contributed by atoms with van der Waals surface area (Å²) >= 11 is 13.3. The number of anilines is 1. The number of hydrogen-bond donors (Lipinski definition) is 2. The van der Waals surface area contributed by atoms with Crippen LogP contribution in [0.25, 0.3) is 0 Å². The van der Waals surface area contributed by atoms with E-state index < -0.39 is 5.25 Å². The average molecular weight is 434 g/mol. The quantitative estimate of drug-likeness (QED) is 0.436. The molecule has 1 amide bonds. The third kappa shape index (κ3) is 4.27. The van der Waals surface area contributed by atoms with Gasteiger partial charge in [-0.1, -0.05) is 65.3 Å². The summed E-state index contributed by atoms with van der Waals surface area (Å²) in [6.07, 6.45) is 2.14. The molecule has 28 heavy (non-hydrogen) atoms. The average Bonchev–Trinajstić information content (AvgIpc) is 3.43. The summed E-state index contributed by atoms with van der Waals surface area (Å²) in [7, 11) is 0. The van der Waals surface area contributed by atoms with Gasteiger partial charge in [-0.2, -0.15) is 0 Å². The highest BCUT2D eigenvalue weighted by atomic mass is 35.5. The number of nitrogen functional groups attached to an aromatic ring is 1. The van der Waals surface area contributed by atoms with E-state index in [2.05, 4.69) is 15.5 Å². The molecule has 0 radical (unpaired) electrons. The second kappa shape index (κ2) is 8.03. The first kappa shape index (κ1) is 19.1. The molecule has 9 heteroatoms. The lowest BCUT2D eigenvalue weighted by Gasteiger charge is -2.17. The van der Waals surface area contributed by atoms with Crippen LogP contribution in [0.4, 0.5) is 5.69 Å². The number of amides is 1. The molecule has 4 rings (SSSR count). The van der Waals surface area contributed by atoms with Crippen LogP contribution in [0.1, 0.15) is 35.4 Å². The molecule has 0 spiro atoms. The zero-order valence-electron chi connectivity index (χ0n) is 14.7. The smallest absolute Gasteiger partial charge is 0.242 e. The summed E-state index contributed by atoms with van der Waals surface area (Å²) in [5, 5.41) is 12.1. The molecule has 144 valence electrons. The molecule has 1 saturated carbocycles. The number of hydrogen-bond acceptors (Lipinski definition) is 5. The van der Waals surface area contributed by atoms with Gasteiger partial charge in [-0.3, -0.25) is 4.79 Å². The first-order chi connectivity index (χ1) is 13.5. The standard InChI is InChI=1S/C19H17Cl2N5OS/c20-13-8-14(21)10-15(9-13)23-18(27)16(11-4-2-1-3-5-11)28-19-25-24-17(26(19)22)12-6-7-12/h1-5,8-10,12,16H,6-7,22H2,(H,23,27)/t16-/m1/s1. The van der Waals surface area contributed by atoms with Crippen molar-refractivity contribution in [1.82, 2.24) is 14.9 Å². The van der Waals surface area contributed by atoms with Gasteiger partial charge in [-0.05, 0) is 36.6 Å². The van der Waals surface area contributed by atoms with E-state index in [-0.39, 0.29) is 5.91 Å². The van der Waals surface area contributed by atoms with Crippen LogP contribution in [0.5, 0.6) is 0 Å². The Kier molecular flexibility index (Phi) is 5.48. The maximum absolute atomic E-state index is 13.1. The number of halogens is 2. The maximum Gasteiger partial charge on any atom is 0.242 e. The minimum Gasteiger partial charge on any atom is -0.336 e. The summed E-state index contributed by atoms with van der Waals surface area (Å²) < 4.78 is 1.49. The molecule has 1 heterocycles. The lowest BCUT2D eigenvalue weighted by Crippen LogP contribution is -2.21. The third-order valence-electron chi connectivity index (χ3n) is 4.33. The van der Waals surface area contributed by atoms with Gasteiger partial charge in [0.05, 0.1) is 0 Å². The Morgan fingerprint density at radius 2 is 1.82 bits per heavy atom. The van der Waals surface area contributed by atoms with Gasteiger partial charge in [-0.15, -0.1) is 10.2 Å². The first-order valence-corrected chi connectivity index (χ1v) is 10.3. The van der Waals surface area contributed by atoms with Crippen molar-refractivity contribution < 1.29 is 4.79 Å². The van der Waals surface area contributed by atoms with Gasteiger partial charge >= 0.3 is 0 Å². The van der Waals surface area contributed by atoms with Crippen molar-refractivity contribution in [3.8, 4) is 0 Å². The third-order valence-corrected chi connectivity index (χ3v) is 5.97. The number of benzene rings is 2. The van der Waals surface area contributed by atoms with E-state index >= 15 is 0 Å². The summed E-state index contributed by atoms with van der Waals surface area (Å²) in [5.41, 5.74) is 1.35. The molecule has 1 aliphatic rings. The van der Waals surface area contributed by atoms with Crippen molar-refractivity contribution in [2.75, 3.05) is 11.2 Å². The van der Waals surface area contributed by atoms with Crippen molar-refractivity contribution in [3.05, 3.63) is 70.0 Å². The molecule has 1 atom stereocenters. The zero-order chi connectivity index (χ0) is 19.7. The Labute approximate surface area is 176 Å². The number of nitrogens with one attached hydrogen (secondary N) is 1. The monoisotopic (exact) mass is 433 g/mol. The van der Waals surface area contributed by atoms with Gasteiger partial charge in [0.1, 0.15) is 5.25 Å². The fraction of sp³-hybridized carbons (Fsp3) is 0.211. The van der Waals surface area contributed by atoms with Crippen LogP contribution in [0.3, 0.4) is 0 Å². The molecular weight excluding hydrogens is 417 g/mol. The van der Waals surface area contributed by atoms with E-state index in [0.717, 1.165) is 24.2 Å². The van der Waals surface area contributed by atoms with Gasteiger partial charge in [0.15, 0.2) is 5.82 Å². The SMILES string of the molecule is Nn1c(S[C@@H](C(=O)Nc2cc(Cl)cc(Cl)c2)c2ccccc2)nnc1C1CC1. The van der Waals surface area contributed by atoms with E-state index in [1.54, 1.807) is 18.2 Å². The van der Waals surface area contributed by atoms with Gasteiger partial charge in [0.25, 0.3) is 0 Å². The molecule has 3 N–H and O–H groups in total. The lowest BCUT2D eigenvalue weighted by atomic mass is 10.1. The number of thioether (sulfide) groups is 1. The maximum atomic E-state index is 13.1. The van der Waals surface area contributed by atoms with Crippen LogP contribution in [0, 0.1) is 0 Å². The summed E-state index contributed by atoms with van der Waals surface area (Å²) in [4.78, 5) is 13.1. The molecule has 0 aliphatic heterocycles. The molecule has 1 aromatic heterocycles. The van der Waals surface area contributed by atoms with Crippen LogP contribution in [0.2, 0.25) is 10.0 Å². The molecule has 6 nitrogen and oxygen atoms in total.